The first-order valence-corrected chi connectivity index (χ1v) is 8.21. The first-order valence-electron chi connectivity index (χ1n) is 6.53. The van der Waals surface area contributed by atoms with Crippen molar-refractivity contribution in [2.24, 2.45) is 0 Å². The highest BCUT2D eigenvalue weighted by Crippen LogP contribution is 2.17. The summed E-state index contributed by atoms with van der Waals surface area (Å²) in [5.74, 6) is 0.353. The fourth-order valence-corrected chi connectivity index (χ4v) is 2.72. The lowest BCUT2D eigenvalue weighted by Crippen LogP contribution is -2.27. The van der Waals surface area contributed by atoms with E-state index in [9.17, 15) is 4.79 Å². The Morgan fingerprint density at radius 2 is 2.09 bits per heavy atom. The van der Waals surface area contributed by atoms with Crippen LogP contribution in [0, 0.1) is 0 Å². The zero-order chi connectivity index (χ0) is 15.4. The van der Waals surface area contributed by atoms with Crippen LogP contribution in [0.25, 0.3) is 11.4 Å². The van der Waals surface area contributed by atoms with Gasteiger partial charge in [0.15, 0.2) is 0 Å². The molecule has 0 atom stereocenters. The maximum atomic E-state index is 11.9. The summed E-state index contributed by atoms with van der Waals surface area (Å²) in [6.45, 7) is 0.569. The van der Waals surface area contributed by atoms with Crippen LogP contribution >= 0.6 is 27.3 Å². The Balaban J connectivity index is 1.59. The predicted octanol–water partition coefficient (Wildman–Crippen LogP) is 2.48. The second kappa shape index (κ2) is 6.80. The number of amides is 1. The van der Waals surface area contributed by atoms with Crippen LogP contribution in [0.3, 0.4) is 0 Å². The third-order valence-corrected chi connectivity index (χ3v) is 4.29. The molecule has 1 N–H and O–H groups in total. The molecule has 0 saturated heterocycles. The van der Waals surface area contributed by atoms with Crippen molar-refractivity contribution in [2.75, 3.05) is 0 Å². The molecule has 0 aliphatic heterocycles. The van der Waals surface area contributed by atoms with E-state index < -0.39 is 0 Å². The molecule has 22 heavy (non-hydrogen) atoms. The van der Waals surface area contributed by atoms with E-state index in [2.05, 4.69) is 36.7 Å². The number of nitrogens with one attached hydrogen (secondary N) is 1. The lowest BCUT2D eigenvalue weighted by atomic mass is 10.2. The number of nitrogens with zero attached hydrogens (tertiary/aromatic N) is 4. The van der Waals surface area contributed by atoms with Gasteiger partial charge in [0.1, 0.15) is 6.54 Å². The Labute approximate surface area is 139 Å². The molecule has 112 valence electrons. The van der Waals surface area contributed by atoms with Gasteiger partial charge in [-0.25, -0.2) is 0 Å². The van der Waals surface area contributed by atoms with Gasteiger partial charge in [-0.2, -0.15) is 4.80 Å². The van der Waals surface area contributed by atoms with Crippen LogP contribution < -0.4 is 5.32 Å². The van der Waals surface area contributed by atoms with Crippen molar-refractivity contribution in [3.63, 3.8) is 0 Å². The van der Waals surface area contributed by atoms with Crippen molar-refractivity contribution < 1.29 is 4.79 Å². The minimum absolute atomic E-state index is 0.0505. The Hall–Kier alpha value is -2.06. The molecule has 0 unspecified atom stereocenters. The summed E-state index contributed by atoms with van der Waals surface area (Å²) < 4.78 is 0.983. The fraction of sp³-hybridized carbons (Fsp3) is 0.143. The van der Waals surface area contributed by atoms with E-state index in [1.165, 1.54) is 4.80 Å². The molecule has 1 aromatic carbocycles. The molecule has 2 aromatic heterocycles. The summed E-state index contributed by atoms with van der Waals surface area (Å²) in [4.78, 5) is 14.3. The average molecular weight is 378 g/mol. The molecular formula is C14H12BrN5OS. The molecule has 2 heterocycles. The van der Waals surface area contributed by atoms with Crippen molar-refractivity contribution in [1.29, 1.82) is 0 Å². The van der Waals surface area contributed by atoms with Gasteiger partial charge in [0.05, 0.1) is 6.54 Å². The molecule has 3 rings (SSSR count). The lowest BCUT2D eigenvalue weighted by molar-refractivity contribution is -0.122. The third-order valence-electron chi connectivity index (χ3n) is 2.88. The number of thiophene rings is 1. The largest absolute Gasteiger partial charge is 0.350 e. The van der Waals surface area contributed by atoms with Crippen LogP contribution in [0.2, 0.25) is 0 Å². The minimum Gasteiger partial charge on any atom is -0.350 e. The fourth-order valence-electron chi connectivity index (χ4n) is 1.81. The molecule has 1 amide bonds. The average Bonchev–Trinajstić information content (AvgIpc) is 3.17. The number of carbonyl (C=O) groups excluding carboxylic acids is 1. The molecule has 0 aliphatic rings. The summed E-state index contributed by atoms with van der Waals surface area (Å²) in [6.07, 6.45) is 0. The zero-order valence-corrected chi connectivity index (χ0v) is 13.8. The van der Waals surface area contributed by atoms with Crippen LogP contribution in [0.4, 0.5) is 0 Å². The highest BCUT2D eigenvalue weighted by Gasteiger charge is 2.09. The SMILES string of the molecule is O=C(Cn1nnc(-c2ccc(Br)cc2)n1)NCc1cccs1. The van der Waals surface area contributed by atoms with Gasteiger partial charge in [-0.3, -0.25) is 4.79 Å². The Morgan fingerprint density at radius 3 is 2.82 bits per heavy atom. The number of tetrazole rings is 1. The van der Waals surface area contributed by atoms with Crippen molar-refractivity contribution >= 4 is 33.2 Å². The summed E-state index contributed by atoms with van der Waals surface area (Å²) >= 11 is 4.98. The summed E-state index contributed by atoms with van der Waals surface area (Å²) in [5, 5.41) is 16.9. The second-order valence-corrected chi connectivity index (χ2v) is 6.45. The third kappa shape index (κ3) is 3.77. The van der Waals surface area contributed by atoms with Crippen LogP contribution in [0.5, 0.6) is 0 Å². The number of carbonyl (C=O) groups is 1. The molecule has 0 aliphatic carbocycles. The summed E-state index contributed by atoms with van der Waals surface area (Å²) in [6, 6.07) is 11.5. The smallest absolute Gasteiger partial charge is 0.243 e. The molecule has 0 radical (unpaired) electrons. The van der Waals surface area contributed by atoms with E-state index in [0.717, 1.165) is 14.9 Å². The summed E-state index contributed by atoms with van der Waals surface area (Å²) in [7, 11) is 0. The standard InChI is InChI=1S/C14H12BrN5OS/c15-11-5-3-10(4-6-11)14-17-19-20(18-14)9-13(21)16-8-12-2-1-7-22-12/h1-7H,8-9H2,(H,16,21). The molecule has 0 spiro atoms. The van der Waals surface area contributed by atoms with Crippen molar-refractivity contribution in [3.8, 4) is 11.4 Å². The number of hydrogen-bond acceptors (Lipinski definition) is 5. The Kier molecular flexibility index (Phi) is 4.59. The molecule has 6 nitrogen and oxygen atoms in total. The molecule has 0 bridgehead atoms. The van der Waals surface area contributed by atoms with Gasteiger partial charge >= 0.3 is 0 Å². The van der Waals surface area contributed by atoms with Crippen LogP contribution in [0.15, 0.2) is 46.3 Å². The van der Waals surface area contributed by atoms with Crippen LogP contribution in [-0.4, -0.2) is 26.1 Å². The van der Waals surface area contributed by atoms with Gasteiger partial charge in [0, 0.05) is 14.9 Å². The van der Waals surface area contributed by atoms with Gasteiger partial charge in [-0.15, -0.1) is 21.5 Å². The Bertz CT molecular complexity index is 754. The number of benzene rings is 1. The monoisotopic (exact) mass is 377 g/mol. The first-order chi connectivity index (χ1) is 10.7. The molecule has 0 saturated carbocycles. The summed E-state index contributed by atoms with van der Waals surface area (Å²) in [5.41, 5.74) is 0.855. The van der Waals surface area contributed by atoms with E-state index >= 15 is 0 Å². The molecular weight excluding hydrogens is 366 g/mol. The van der Waals surface area contributed by atoms with Gasteiger partial charge in [0.25, 0.3) is 0 Å². The quantitative estimate of drug-likeness (QED) is 0.741. The van der Waals surface area contributed by atoms with Gasteiger partial charge < -0.3 is 5.32 Å². The van der Waals surface area contributed by atoms with Gasteiger partial charge in [-0.05, 0) is 40.9 Å². The highest BCUT2D eigenvalue weighted by atomic mass is 79.9. The number of aromatic nitrogens is 4. The van der Waals surface area contributed by atoms with E-state index in [1.807, 2.05) is 41.8 Å². The van der Waals surface area contributed by atoms with E-state index in [4.69, 9.17) is 0 Å². The predicted molar refractivity (Wildman–Crippen MR) is 87.1 cm³/mol. The maximum Gasteiger partial charge on any atom is 0.243 e. The topological polar surface area (TPSA) is 72.7 Å². The number of rotatable bonds is 5. The van der Waals surface area contributed by atoms with Gasteiger partial charge in [-0.1, -0.05) is 22.0 Å². The number of halogens is 1. The van der Waals surface area contributed by atoms with Gasteiger partial charge in [0.2, 0.25) is 11.7 Å². The minimum atomic E-state index is -0.145. The van der Waals surface area contributed by atoms with E-state index in [0.29, 0.717) is 12.4 Å². The molecule has 0 fully saturated rings. The number of hydrogen-bond donors (Lipinski definition) is 1. The normalized spacial score (nSPS) is 10.6. The van der Waals surface area contributed by atoms with Crippen LogP contribution in [0.1, 0.15) is 4.88 Å². The zero-order valence-electron chi connectivity index (χ0n) is 11.4. The van der Waals surface area contributed by atoms with Crippen molar-refractivity contribution in [2.45, 2.75) is 13.1 Å². The molecule has 8 heteroatoms. The van der Waals surface area contributed by atoms with E-state index in [1.54, 1.807) is 11.3 Å². The Morgan fingerprint density at radius 1 is 1.27 bits per heavy atom. The first kappa shape index (κ1) is 14.9. The lowest BCUT2D eigenvalue weighted by Gasteiger charge is -2.02. The highest BCUT2D eigenvalue weighted by molar-refractivity contribution is 9.10. The molecule has 3 aromatic rings. The van der Waals surface area contributed by atoms with Crippen LogP contribution in [-0.2, 0) is 17.9 Å². The van der Waals surface area contributed by atoms with Crippen molar-refractivity contribution in [3.05, 3.63) is 51.1 Å². The van der Waals surface area contributed by atoms with E-state index in [-0.39, 0.29) is 12.5 Å². The van der Waals surface area contributed by atoms with Crippen molar-refractivity contribution in [1.82, 2.24) is 25.5 Å². The second-order valence-electron chi connectivity index (χ2n) is 4.51. The maximum absolute atomic E-state index is 11.9.